The number of nitrogens with zero attached hydrogens (tertiary/aromatic N) is 3. The Balaban J connectivity index is 0.00000222. The zero-order valence-electron chi connectivity index (χ0n) is 20.5. The average molecular weight is 527 g/mol. The molecule has 0 atom stereocenters. The van der Waals surface area contributed by atoms with E-state index in [4.69, 9.17) is 10.8 Å². The fraction of sp³-hybridized carbons (Fsp3) is 0.417. The van der Waals surface area contributed by atoms with Crippen LogP contribution < -0.4 is 5.32 Å². The number of rotatable bonds is 8. The Hall–Kier alpha value is -2.99. The van der Waals surface area contributed by atoms with E-state index in [0.717, 1.165) is 18.3 Å². The quantitative estimate of drug-likeness (QED) is 0.168. The lowest BCUT2D eigenvalue weighted by atomic mass is 10.1. The highest BCUT2D eigenvalue weighted by Crippen LogP contribution is 2.32. The number of amidine groups is 1. The van der Waals surface area contributed by atoms with Crippen LogP contribution in [0.25, 0.3) is 0 Å². The second kappa shape index (κ2) is 12.8. The Morgan fingerprint density at radius 1 is 1.25 bits per heavy atom. The first-order chi connectivity index (χ1) is 17.0. The molecule has 3 N–H and O–H groups in total. The minimum absolute atomic E-state index is 0.0204. The van der Waals surface area contributed by atoms with Gasteiger partial charge in [-0.1, -0.05) is 31.9 Å². The van der Waals surface area contributed by atoms with Crippen molar-refractivity contribution in [3.63, 3.8) is 0 Å². The minimum atomic E-state index is -4.23. The van der Waals surface area contributed by atoms with E-state index in [9.17, 15) is 22.4 Å². The van der Waals surface area contributed by atoms with Crippen LogP contribution in [0, 0.1) is 16.6 Å². The molecule has 0 saturated heterocycles. The Morgan fingerprint density at radius 2 is 1.89 bits per heavy atom. The lowest BCUT2D eigenvalue weighted by molar-refractivity contribution is -0.129. The highest BCUT2D eigenvalue weighted by atomic mass is 32.2. The molecule has 36 heavy (non-hydrogen) atoms. The number of fused-ring (bicyclic) bond motifs is 1. The SMILES string of the molecule is CC.CC(C)N(C=N)C(=N)c1cccc(NC(=O)c2cc3c(cc2F)CN(SCCC(F)(F)F)C3)n1. The molecule has 1 aromatic carbocycles. The van der Waals surface area contributed by atoms with E-state index < -0.39 is 24.3 Å². The molecule has 0 fully saturated rings. The third kappa shape index (κ3) is 7.76. The molecule has 2 aromatic rings. The molecule has 1 aliphatic heterocycles. The summed E-state index contributed by atoms with van der Waals surface area (Å²) >= 11 is 1.04. The Kier molecular flexibility index (Phi) is 10.4. The normalized spacial score (nSPS) is 13.0. The summed E-state index contributed by atoms with van der Waals surface area (Å²) in [6.07, 6.45) is -4.12. The Morgan fingerprint density at radius 3 is 2.47 bits per heavy atom. The first-order valence-corrected chi connectivity index (χ1v) is 12.3. The van der Waals surface area contributed by atoms with E-state index in [1.54, 1.807) is 16.4 Å². The standard InChI is InChI=1S/C22H24F4N6OS.C2H6/c1-13(2)32(12-27)20(28)18-4-3-5-19(29-18)30-21(33)16-8-14-10-31(11-15(14)9-17(16)23)34-7-6-22(24,25)26;1-2/h3-5,8-9,12-13,27-28H,6-7,10-11H2,1-2H3,(H,29,30,33);1-2H3. The van der Waals surface area contributed by atoms with E-state index >= 15 is 0 Å². The number of aromatic nitrogens is 1. The second-order valence-electron chi connectivity index (χ2n) is 7.94. The van der Waals surface area contributed by atoms with Crippen molar-refractivity contribution in [3.05, 3.63) is 58.5 Å². The van der Waals surface area contributed by atoms with E-state index in [2.05, 4.69) is 10.3 Å². The van der Waals surface area contributed by atoms with Gasteiger partial charge in [0.25, 0.3) is 5.91 Å². The summed E-state index contributed by atoms with van der Waals surface area (Å²) in [5.74, 6) is -1.50. The molecule has 12 heteroatoms. The average Bonchev–Trinajstić information content (AvgIpc) is 3.20. The summed E-state index contributed by atoms with van der Waals surface area (Å²) in [4.78, 5) is 18.4. The number of anilines is 1. The molecule has 1 aromatic heterocycles. The topological polar surface area (TPSA) is 96.2 Å². The van der Waals surface area contributed by atoms with Gasteiger partial charge in [-0.2, -0.15) is 13.2 Å². The van der Waals surface area contributed by atoms with Crippen LogP contribution >= 0.6 is 11.9 Å². The molecule has 3 rings (SSSR count). The number of carbonyl (C=O) groups is 1. The lowest BCUT2D eigenvalue weighted by Gasteiger charge is -2.23. The van der Waals surface area contributed by atoms with Crippen molar-refractivity contribution in [1.82, 2.24) is 14.2 Å². The first-order valence-electron chi connectivity index (χ1n) is 11.4. The van der Waals surface area contributed by atoms with Gasteiger partial charge in [0.2, 0.25) is 0 Å². The van der Waals surface area contributed by atoms with Gasteiger partial charge in [0.1, 0.15) is 17.3 Å². The summed E-state index contributed by atoms with van der Waals surface area (Å²) in [7, 11) is 0. The molecule has 0 radical (unpaired) electrons. The van der Waals surface area contributed by atoms with Crippen molar-refractivity contribution in [1.29, 1.82) is 10.8 Å². The van der Waals surface area contributed by atoms with Crippen LogP contribution in [0.4, 0.5) is 23.4 Å². The van der Waals surface area contributed by atoms with Gasteiger partial charge in [-0.15, -0.1) is 0 Å². The van der Waals surface area contributed by atoms with Crippen LogP contribution in [0.2, 0.25) is 0 Å². The van der Waals surface area contributed by atoms with Gasteiger partial charge in [0.05, 0.1) is 18.3 Å². The summed E-state index contributed by atoms with van der Waals surface area (Å²) in [6.45, 7) is 8.23. The maximum atomic E-state index is 14.7. The molecule has 0 spiro atoms. The number of nitrogens with one attached hydrogen (secondary N) is 3. The maximum Gasteiger partial charge on any atom is 0.389 e. The smallest absolute Gasteiger partial charge is 0.314 e. The van der Waals surface area contributed by atoms with Crippen molar-refractivity contribution in [2.45, 2.75) is 59.4 Å². The fourth-order valence-electron chi connectivity index (χ4n) is 3.37. The lowest BCUT2D eigenvalue weighted by Crippen LogP contribution is -2.36. The number of carbonyl (C=O) groups excluding carboxylic acids is 1. The zero-order chi connectivity index (χ0) is 27.0. The first kappa shape index (κ1) is 29.2. The van der Waals surface area contributed by atoms with Crippen molar-refractivity contribution in [3.8, 4) is 0 Å². The molecule has 7 nitrogen and oxygen atoms in total. The molecule has 0 aliphatic carbocycles. The minimum Gasteiger partial charge on any atom is -0.314 e. The maximum absolute atomic E-state index is 14.7. The molecule has 1 amide bonds. The Bertz CT molecular complexity index is 1090. The predicted molar refractivity (Wildman–Crippen MR) is 135 cm³/mol. The van der Waals surface area contributed by atoms with Crippen LogP contribution in [0.15, 0.2) is 30.3 Å². The number of pyridine rings is 1. The third-order valence-electron chi connectivity index (χ3n) is 5.07. The number of hydrogen-bond acceptors (Lipinski definition) is 6. The number of benzene rings is 1. The van der Waals surface area contributed by atoms with E-state index in [1.807, 2.05) is 27.7 Å². The summed E-state index contributed by atoms with van der Waals surface area (Å²) in [6, 6.07) is 7.16. The summed E-state index contributed by atoms with van der Waals surface area (Å²) in [5, 5.41) is 18.3. The van der Waals surface area contributed by atoms with Gasteiger partial charge >= 0.3 is 6.18 Å². The summed E-state index contributed by atoms with van der Waals surface area (Å²) in [5.41, 5.74) is 1.33. The van der Waals surface area contributed by atoms with Gasteiger partial charge in [0, 0.05) is 24.9 Å². The van der Waals surface area contributed by atoms with Crippen LogP contribution in [0.3, 0.4) is 0 Å². The molecule has 0 bridgehead atoms. The number of halogens is 4. The highest BCUT2D eigenvalue weighted by Gasteiger charge is 2.29. The van der Waals surface area contributed by atoms with Crippen LogP contribution in [-0.4, -0.2) is 50.2 Å². The fourth-order valence-corrected chi connectivity index (χ4v) is 4.41. The van der Waals surface area contributed by atoms with E-state index in [1.165, 1.54) is 23.1 Å². The molecule has 196 valence electrons. The molecule has 0 saturated carbocycles. The van der Waals surface area contributed by atoms with Gasteiger partial charge in [-0.05, 0) is 49.2 Å². The molecular formula is C24H30F4N6OS. The zero-order valence-corrected chi connectivity index (χ0v) is 21.4. The number of hydrogen-bond donors (Lipinski definition) is 3. The molecule has 2 heterocycles. The van der Waals surface area contributed by atoms with E-state index in [-0.39, 0.29) is 34.7 Å². The second-order valence-corrected chi connectivity index (χ2v) is 9.12. The van der Waals surface area contributed by atoms with Crippen molar-refractivity contribution in [2.75, 3.05) is 11.1 Å². The number of alkyl halides is 3. The van der Waals surface area contributed by atoms with Gasteiger partial charge in [0.15, 0.2) is 5.84 Å². The number of amides is 1. The van der Waals surface area contributed by atoms with Gasteiger partial charge < -0.3 is 10.2 Å². The van der Waals surface area contributed by atoms with Crippen molar-refractivity contribution in [2.24, 2.45) is 0 Å². The van der Waals surface area contributed by atoms with Crippen LogP contribution in [0.5, 0.6) is 0 Å². The molecular weight excluding hydrogens is 496 g/mol. The predicted octanol–water partition coefficient (Wildman–Crippen LogP) is 6.06. The Labute approximate surface area is 212 Å². The van der Waals surface area contributed by atoms with Crippen molar-refractivity contribution >= 4 is 35.8 Å². The monoisotopic (exact) mass is 526 g/mol. The molecule has 0 unspecified atom stereocenters. The van der Waals surface area contributed by atoms with Crippen molar-refractivity contribution < 1.29 is 22.4 Å². The third-order valence-corrected chi connectivity index (χ3v) is 6.08. The molecule has 1 aliphatic rings. The highest BCUT2D eigenvalue weighted by molar-refractivity contribution is 7.96. The van der Waals surface area contributed by atoms with E-state index in [0.29, 0.717) is 24.2 Å². The van der Waals surface area contributed by atoms with Gasteiger partial charge in [-0.25, -0.2) is 13.7 Å². The van der Waals surface area contributed by atoms with Crippen LogP contribution in [0.1, 0.15) is 61.3 Å². The van der Waals surface area contributed by atoms with Gasteiger partial charge in [-0.3, -0.25) is 15.6 Å². The summed E-state index contributed by atoms with van der Waals surface area (Å²) < 4.78 is 53.5. The van der Waals surface area contributed by atoms with Crippen LogP contribution in [-0.2, 0) is 13.1 Å². The largest absolute Gasteiger partial charge is 0.389 e.